The highest BCUT2D eigenvalue weighted by Crippen LogP contribution is 2.41. The number of amides is 2. The van der Waals surface area contributed by atoms with Crippen molar-refractivity contribution >= 4 is 11.8 Å². The van der Waals surface area contributed by atoms with Crippen LogP contribution >= 0.6 is 0 Å². The molecule has 1 N–H and O–H groups in total. The molecule has 1 heterocycles. The number of rotatable bonds is 4. The molecule has 1 unspecified atom stereocenters. The van der Waals surface area contributed by atoms with Crippen molar-refractivity contribution in [3.05, 3.63) is 70.8 Å². The van der Waals surface area contributed by atoms with Crippen LogP contribution in [0.2, 0.25) is 0 Å². The summed E-state index contributed by atoms with van der Waals surface area (Å²) in [6, 6.07) is 5.91. The standard InChI is InChI=1S/C24H23F5N2O3/c25-18-10-16(11-19(26)12-18)22(33)31-20(14-34-23(31)7-2-1-3-8-23)21(32)30-13-15-5-4-6-17(9-15)24(27,28)29/h4-6,9-12,20H,1-3,7-8,13-14H2,(H,30,32). The molecule has 2 aromatic carbocycles. The van der Waals surface area contributed by atoms with E-state index < -0.39 is 47.0 Å². The van der Waals surface area contributed by atoms with Gasteiger partial charge in [0.2, 0.25) is 5.91 Å². The molecule has 1 spiro atoms. The zero-order valence-electron chi connectivity index (χ0n) is 18.1. The second kappa shape index (κ2) is 9.32. The lowest BCUT2D eigenvalue weighted by molar-refractivity contribution is -0.137. The molecule has 0 bridgehead atoms. The maximum atomic E-state index is 13.8. The lowest BCUT2D eigenvalue weighted by Gasteiger charge is -2.41. The number of halogens is 5. The number of carbonyl (C=O) groups is 2. The molecule has 4 rings (SSSR count). The summed E-state index contributed by atoms with van der Waals surface area (Å²) in [5.74, 6) is -3.21. The van der Waals surface area contributed by atoms with Gasteiger partial charge in [-0.3, -0.25) is 14.5 Å². The largest absolute Gasteiger partial charge is 0.416 e. The van der Waals surface area contributed by atoms with Crippen molar-refractivity contribution in [2.24, 2.45) is 0 Å². The zero-order valence-corrected chi connectivity index (χ0v) is 18.1. The summed E-state index contributed by atoms with van der Waals surface area (Å²) in [5.41, 5.74) is -1.92. The number of ether oxygens (including phenoxy) is 1. The van der Waals surface area contributed by atoms with E-state index >= 15 is 0 Å². The number of hydrogen-bond acceptors (Lipinski definition) is 3. The minimum atomic E-state index is -4.52. The molecule has 1 aliphatic carbocycles. The first-order chi connectivity index (χ1) is 16.1. The minimum Gasteiger partial charge on any atom is -0.353 e. The van der Waals surface area contributed by atoms with Crippen molar-refractivity contribution in [2.75, 3.05) is 6.61 Å². The topological polar surface area (TPSA) is 58.6 Å². The van der Waals surface area contributed by atoms with E-state index in [0.717, 1.165) is 43.5 Å². The average Bonchev–Trinajstić information content (AvgIpc) is 3.14. The van der Waals surface area contributed by atoms with E-state index in [1.165, 1.54) is 17.0 Å². The summed E-state index contributed by atoms with van der Waals surface area (Å²) in [6.45, 7) is -0.319. The van der Waals surface area contributed by atoms with E-state index in [4.69, 9.17) is 4.74 Å². The summed E-state index contributed by atoms with van der Waals surface area (Å²) in [7, 11) is 0. The molecule has 1 saturated heterocycles. The van der Waals surface area contributed by atoms with Crippen LogP contribution in [-0.2, 0) is 22.3 Å². The number of nitrogens with one attached hydrogen (secondary N) is 1. The molecule has 1 aliphatic heterocycles. The molecule has 34 heavy (non-hydrogen) atoms. The normalized spacial score (nSPS) is 19.9. The minimum absolute atomic E-state index is 0.127. The molecule has 2 aromatic rings. The summed E-state index contributed by atoms with van der Waals surface area (Å²) in [6.07, 6.45) is -1.16. The van der Waals surface area contributed by atoms with Crippen molar-refractivity contribution in [1.82, 2.24) is 10.2 Å². The van der Waals surface area contributed by atoms with E-state index in [9.17, 15) is 31.5 Å². The van der Waals surface area contributed by atoms with Crippen molar-refractivity contribution < 1.29 is 36.3 Å². The SMILES string of the molecule is O=C(NCc1cccc(C(F)(F)F)c1)C1COC2(CCCCC2)N1C(=O)c1cc(F)cc(F)c1. The number of hydrogen-bond donors (Lipinski definition) is 1. The van der Waals surface area contributed by atoms with Crippen LogP contribution in [0.25, 0.3) is 0 Å². The van der Waals surface area contributed by atoms with Gasteiger partial charge in [0.15, 0.2) is 0 Å². The summed E-state index contributed by atoms with van der Waals surface area (Å²) < 4.78 is 72.4. The molecular formula is C24H23F5N2O3. The quantitative estimate of drug-likeness (QED) is 0.637. The Balaban J connectivity index is 1.57. The molecular weight excluding hydrogens is 459 g/mol. The summed E-state index contributed by atoms with van der Waals surface area (Å²) in [4.78, 5) is 27.7. The highest BCUT2D eigenvalue weighted by molar-refractivity contribution is 5.98. The van der Waals surface area contributed by atoms with Crippen molar-refractivity contribution in [3.8, 4) is 0 Å². The molecule has 0 radical (unpaired) electrons. The van der Waals surface area contributed by atoms with E-state index in [2.05, 4.69) is 5.32 Å². The van der Waals surface area contributed by atoms with Gasteiger partial charge in [-0.05, 0) is 55.5 Å². The van der Waals surface area contributed by atoms with Gasteiger partial charge in [0, 0.05) is 18.2 Å². The van der Waals surface area contributed by atoms with Crippen LogP contribution in [0.1, 0.15) is 53.6 Å². The molecule has 0 aromatic heterocycles. The van der Waals surface area contributed by atoms with Crippen molar-refractivity contribution in [1.29, 1.82) is 0 Å². The molecule has 5 nitrogen and oxygen atoms in total. The zero-order chi connectivity index (χ0) is 24.5. The fourth-order valence-corrected chi connectivity index (χ4v) is 4.65. The van der Waals surface area contributed by atoms with Crippen LogP contribution in [-0.4, -0.2) is 35.1 Å². The third kappa shape index (κ3) is 4.91. The molecule has 1 atom stereocenters. The number of alkyl halides is 3. The van der Waals surface area contributed by atoms with Crippen LogP contribution in [0.5, 0.6) is 0 Å². The average molecular weight is 482 g/mol. The third-order valence-corrected chi connectivity index (χ3v) is 6.25. The Hall–Kier alpha value is -3.01. The highest BCUT2D eigenvalue weighted by atomic mass is 19.4. The first-order valence-electron chi connectivity index (χ1n) is 11.0. The number of nitrogens with zero attached hydrogens (tertiary/aromatic N) is 1. The Bertz CT molecular complexity index is 1060. The van der Waals surface area contributed by atoms with Gasteiger partial charge in [0.25, 0.3) is 5.91 Å². The molecule has 2 amide bonds. The Labute approximate surface area is 192 Å². The maximum Gasteiger partial charge on any atom is 0.416 e. The van der Waals surface area contributed by atoms with Gasteiger partial charge >= 0.3 is 6.18 Å². The fourth-order valence-electron chi connectivity index (χ4n) is 4.65. The third-order valence-electron chi connectivity index (χ3n) is 6.25. The van der Waals surface area contributed by atoms with E-state index in [-0.39, 0.29) is 24.3 Å². The fraction of sp³-hybridized carbons (Fsp3) is 0.417. The predicted molar refractivity (Wildman–Crippen MR) is 111 cm³/mol. The van der Waals surface area contributed by atoms with E-state index in [1.54, 1.807) is 0 Å². The predicted octanol–water partition coefficient (Wildman–Crippen LogP) is 4.80. The summed E-state index contributed by atoms with van der Waals surface area (Å²) >= 11 is 0. The van der Waals surface area contributed by atoms with Crippen LogP contribution in [0.3, 0.4) is 0 Å². The Morgan fingerprint density at radius 3 is 2.35 bits per heavy atom. The second-order valence-corrected chi connectivity index (χ2v) is 8.58. The van der Waals surface area contributed by atoms with Crippen molar-refractivity contribution in [3.63, 3.8) is 0 Å². The second-order valence-electron chi connectivity index (χ2n) is 8.58. The molecule has 2 aliphatic rings. The van der Waals surface area contributed by atoms with Gasteiger partial charge in [-0.15, -0.1) is 0 Å². The number of carbonyl (C=O) groups excluding carboxylic acids is 2. The Morgan fingerprint density at radius 2 is 1.71 bits per heavy atom. The van der Waals surface area contributed by atoms with Gasteiger partial charge < -0.3 is 10.1 Å². The monoisotopic (exact) mass is 482 g/mol. The van der Waals surface area contributed by atoms with Gasteiger partial charge in [-0.2, -0.15) is 13.2 Å². The molecule has 10 heteroatoms. The van der Waals surface area contributed by atoms with Gasteiger partial charge in [0.05, 0.1) is 12.2 Å². The van der Waals surface area contributed by atoms with Gasteiger partial charge in [0.1, 0.15) is 23.4 Å². The van der Waals surface area contributed by atoms with Gasteiger partial charge in [-0.25, -0.2) is 8.78 Å². The lowest BCUT2D eigenvalue weighted by Crippen LogP contribution is -2.56. The summed E-state index contributed by atoms with van der Waals surface area (Å²) in [5, 5.41) is 2.57. The first kappa shape index (κ1) is 24.1. The van der Waals surface area contributed by atoms with Crippen LogP contribution in [0, 0.1) is 11.6 Å². The highest BCUT2D eigenvalue weighted by Gasteiger charge is 2.53. The van der Waals surface area contributed by atoms with Gasteiger partial charge in [-0.1, -0.05) is 18.6 Å². The first-order valence-corrected chi connectivity index (χ1v) is 11.0. The Morgan fingerprint density at radius 1 is 1.03 bits per heavy atom. The van der Waals surface area contributed by atoms with Crippen LogP contribution in [0.15, 0.2) is 42.5 Å². The van der Waals surface area contributed by atoms with Crippen LogP contribution < -0.4 is 5.32 Å². The molecule has 2 fully saturated rings. The van der Waals surface area contributed by atoms with E-state index in [0.29, 0.717) is 18.9 Å². The lowest BCUT2D eigenvalue weighted by atomic mass is 9.89. The van der Waals surface area contributed by atoms with Crippen LogP contribution in [0.4, 0.5) is 22.0 Å². The smallest absolute Gasteiger partial charge is 0.353 e. The van der Waals surface area contributed by atoms with Crippen molar-refractivity contribution in [2.45, 2.75) is 56.6 Å². The molecule has 182 valence electrons. The van der Waals surface area contributed by atoms with E-state index in [1.807, 2.05) is 0 Å². The number of benzene rings is 2. The molecule has 1 saturated carbocycles. The maximum absolute atomic E-state index is 13.8. The Kier molecular flexibility index (Phi) is 6.62.